The molecule has 3 aliphatic heterocycles. The van der Waals surface area contributed by atoms with Crippen LogP contribution in [0, 0.1) is 0 Å². The summed E-state index contributed by atoms with van der Waals surface area (Å²) in [4.78, 5) is 41.4. The largest absolute Gasteiger partial charge is 0.477 e. The fourth-order valence-electron chi connectivity index (χ4n) is 4.06. The minimum atomic E-state index is -1.16. The standard InChI is InChI=1S/C21H21N5O4S3/c27-14(10-12-6-2-1-3-7-12)22-15-17(28)26-16(19(29)30)13(11-31-18(15)26)32-21-24-23-20(33-21)25-8-4-5-9-25/h1-3,6-7,15,18H,4-5,8-11H2,(H,22,27)(H,29,30)/t15-,18+/m1/s1. The second-order valence-corrected chi connectivity index (χ2v) is 11.2. The molecule has 3 aliphatic rings. The third kappa shape index (κ3) is 4.46. The first-order valence-corrected chi connectivity index (χ1v) is 13.2. The number of benzene rings is 1. The number of carboxylic acids is 1. The predicted molar refractivity (Wildman–Crippen MR) is 127 cm³/mol. The van der Waals surface area contributed by atoms with Gasteiger partial charge in [0.25, 0.3) is 5.91 Å². The number of rotatable bonds is 7. The Labute approximate surface area is 202 Å². The van der Waals surface area contributed by atoms with Crippen LogP contribution in [0.1, 0.15) is 18.4 Å². The van der Waals surface area contributed by atoms with Gasteiger partial charge in [0.15, 0.2) is 4.34 Å². The molecular weight excluding hydrogens is 482 g/mol. The lowest BCUT2D eigenvalue weighted by molar-refractivity contribution is -0.150. The number of aliphatic carboxylic acids is 1. The summed E-state index contributed by atoms with van der Waals surface area (Å²) >= 11 is 4.14. The lowest BCUT2D eigenvalue weighted by Crippen LogP contribution is -2.70. The molecule has 5 rings (SSSR count). The van der Waals surface area contributed by atoms with Gasteiger partial charge in [0.05, 0.1) is 6.42 Å². The molecule has 0 saturated carbocycles. The number of carbonyl (C=O) groups is 3. The smallest absolute Gasteiger partial charge is 0.353 e. The molecule has 1 aromatic carbocycles. The highest BCUT2D eigenvalue weighted by Crippen LogP contribution is 2.46. The molecule has 0 radical (unpaired) electrons. The van der Waals surface area contributed by atoms with Gasteiger partial charge >= 0.3 is 5.97 Å². The van der Waals surface area contributed by atoms with Crippen molar-refractivity contribution in [3.05, 3.63) is 46.5 Å². The van der Waals surface area contributed by atoms with E-state index < -0.39 is 23.3 Å². The van der Waals surface area contributed by atoms with E-state index in [1.807, 2.05) is 30.3 Å². The highest BCUT2D eigenvalue weighted by Gasteiger charge is 2.54. The van der Waals surface area contributed by atoms with Crippen molar-refractivity contribution in [3.63, 3.8) is 0 Å². The minimum Gasteiger partial charge on any atom is -0.477 e. The quantitative estimate of drug-likeness (QED) is 0.549. The number of aromatic nitrogens is 2. The number of fused-ring (bicyclic) bond motifs is 1. The topological polar surface area (TPSA) is 116 Å². The van der Waals surface area contributed by atoms with Crippen LogP contribution in [0.4, 0.5) is 5.13 Å². The molecule has 1 aromatic heterocycles. The third-order valence-corrected chi connectivity index (χ3v) is 9.22. The number of hydrogen-bond acceptors (Lipinski definition) is 9. The summed E-state index contributed by atoms with van der Waals surface area (Å²) in [5.74, 6) is -1.40. The summed E-state index contributed by atoms with van der Waals surface area (Å²) in [6.07, 6.45) is 2.43. The molecule has 0 spiro atoms. The van der Waals surface area contributed by atoms with Gasteiger partial charge in [-0.3, -0.25) is 14.5 Å². The fraction of sp³-hybridized carbons (Fsp3) is 0.381. The van der Waals surface area contributed by atoms with Gasteiger partial charge in [-0.15, -0.1) is 22.0 Å². The number of carbonyl (C=O) groups excluding carboxylic acids is 2. The number of anilines is 1. The summed E-state index contributed by atoms with van der Waals surface area (Å²) in [5.41, 5.74) is 0.824. The number of hydrogen-bond donors (Lipinski definition) is 2. The minimum absolute atomic E-state index is 0.0276. The Morgan fingerprint density at radius 3 is 2.67 bits per heavy atom. The summed E-state index contributed by atoms with van der Waals surface area (Å²) in [7, 11) is 0. The van der Waals surface area contributed by atoms with Crippen LogP contribution in [-0.4, -0.2) is 68.2 Å². The lowest BCUT2D eigenvalue weighted by atomic mass is 10.0. The Hall–Kier alpha value is -2.57. The van der Waals surface area contributed by atoms with Crippen LogP contribution in [0.15, 0.2) is 45.3 Å². The van der Waals surface area contributed by atoms with Gasteiger partial charge in [-0.1, -0.05) is 53.4 Å². The summed E-state index contributed by atoms with van der Waals surface area (Å²) < 4.78 is 0.658. The van der Waals surface area contributed by atoms with E-state index in [1.165, 1.54) is 39.8 Å². The summed E-state index contributed by atoms with van der Waals surface area (Å²) in [6.45, 7) is 1.92. The van der Waals surface area contributed by atoms with E-state index in [-0.39, 0.29) is 18.0 Å². The molecule has 0 aliphatic carbocycles. The van der Waals surface area contributed by atoms with Crippen molar-refractivity contribution in [1.29, 1.82) is 0 Å². The third-order valence-electron chi connectivity index (χ3n) is 5.64. The Bertz CT molecular complexity index is 1120. The average Bonchev–Trinajstić information content (AvgIpc) is 3.50. The second-order valence-electron chi connectivity index (χ2n) is 7.84. The van der Waals surface area contributed by atoms with Gasteiger partial charge in [0.1, 0.15) is 17.1 Å². The van der Waals surface area contributed by atoms with Crippen molar-refractivity contribution >= 4 is 57.8 Å². The molecular formula is C21H21N5O4S3. The van der Waals surface area contributed by atoms with Crippen molar-refractivity contribution < 1.29 is 19.5 Å². The normalized spacial score (nSPS) is 22.2. The van der Waals surface area contributed by atoms with Crippen LogP contribution in [0.5, 0.6) is 0 Å². The molecule has 2 amide bonds. The summed E-state index contributed by atoms with van der Waals surface area (Å²) in [6, 6.07) is 8.55. The van der Waals surface area contributed by atoms with Crippen molar-refractivity contribution in [2.45, 2.75) is 35.0 Å². The van der Waals surface area contributed by atoms with Crippen molar-refractivity contribution in [2.75, 3.05) is 23.7 Å². The second kappa shape index (κ2) is 9.35. The molecule has 9 nitrogen and oxygen atoms in total. The Balaban J connectivity index is 1.28. The molecule has 33 heavy (non-hydrogen) atoms. The van der Waals surface area contributed by atoms with Gasteiger partial charge in [0.2, 0.25) is 11.0 Å². The van der Waals surface area contributed by atoms with Crippen molar-refractivity contribution in [1.82, 2.24) is 20.4 Å². The number of nitrogens with zero attached hydrogens (tertiary/aromatic N) is 4. The van der Waals surface area contributed by atoms with Crippen molar-refractivity contribution in [3.8, 4) is 0 Å². The zero-order chi connectivity index (χ0) is 22.9. The zero-order valence-corrected chi connectivity index (χ0v) is 19.9. The number of amides is 2. The first kappa shape index (κ1) is 22.2. The molecule has 12 heteroatoms. The number of β-lactam (4-membered cyclic amide) rings is 1. The Morgan fingerprint density at radius 1 is 1.18 bits per heavy atom. The van der Waals surface area contributed by atoms with Gasteiger partial charge in [-0.05, 0) is 18.4 Å². The van der Waals surface area contributed by atoms with Gasteiger partial charge in [-0.2, -0.15) is 0 Å². The maximum absolute atomic E-state index is 12.8. The zero-order valence-electron chi connectivity index (χ0n) is 17.5. The molecule has 0 unspecified atom stereocenters. The molecule has 2 fully saturated rings. The maximum atomic E-state index is 12.8. The number of thioether (sulfide) groups is 2. The molecule has 172 valence electrons. The lowest BCUT2D eigenvalue weighted by Gasteiger charge is -2.49. The average molecular weight is 504 g/mol. The van der Waals surface area contributed by atoms with Crippen LogP contribution < -0.4 is 10.2 Å². The molecule has 2 saturated heterocycles. The SMILES string of the molecule is O=C(Cc1ccccc1)N[C@@H]1C(=O)N2C(C(=O)O)=C(Sc3nnc(N4CCCC4)s3)CS[C@@H]12. The van der Waals surface area contributed by atoms with Crippen LogP contribution in [-0.2, 0) is 20.8 Å². The molecule has 2 aromatic rings. The van der Waals surface area contributed by atoms with Gasteiger partial charge < -0.3 is 15.3 Å². The maximum Gasteiger partial charge on any atom is 0.353 e. The first-order chi connectivity index (χ1) is 16.0. The molecule has 0 bridgehead atoms. The van der Waals surface area contributed by atoms with E-state index in [0.717, 1.165) is 36.6 Å². The van der Waals surface area contributed by atoms with E-state index >= 15 is 0 Å². The Kier molecular flexibility index (Phi) is 6.30. The van der Waals surface area contributed by atoms with E-state index in [1.54, 1.807) is 0 Å². The van der Waals surface area contributed by atoms with E-state index in [2.05, 4.69) is 20.4 Å². The first-order valence-electron chi connectivity index (χ1n) is 10.5. The van der Waals surface area contributed by atoms with Crippen LogP contribution in [0.2, 0.25) is 0 Å². The summed E-state index contributed by atoms with van der Waals surface area (Å²) in [5, 5.41) is 21.5. The van der Waals surface area contributed by atoms with Crippen LogP contribution >= 0.6 is 34.9 Å². The molecule has 2 N–H and O–H groups in total. The van der Waals surface area contributed by atoms with E-state index in [9.17, 15) is 19.5 Å². The molecule has 2 atom stereocenters. The highest BCUT2D eigenvalue weighted by atomic mass is 32.2. The van der Waals surface area contributed by atoms with Gasteiger partial charge in [0, 0.05) is 23.7 Å². The predicted octanol–water partition coefficient (Wildman–Crippen LogP) is 2.17. The highest BCUT2D eigenvalue weighted by molar-refractivity contribution is 8.07. The fourth-order valence-corrected chi connectivity index (χ4v) is 7.59. The van der Waals surface area contributed by atoms with E-state index in [0.29, 0.717) is 15.0 Å². The van der Waals surface area contributed by atoms with Crippen molar-refractivity contribution in [2.24, 2.45) is 0 Å². The monoisotopic (exact) mass is 503 g/mol. The molecule has 4 heterocycles. The van der Waals surface area contributed by atoms with E-state index in [4.69, 9.17) is 0 Å². The van der Waals surface area contributed by atoms with Crippen LogP contribution in [0.25, 0.3) is 0 Å². The number of nitrogens with one attached hydrogen (secondary N) is 1. The van der Waals surface area contributed by atoms with Crippen LogP contribution in [0.3, 0.4) is 0 Å². The van der Waals surface area contributed by atoms with Gasteiger partial charge in [-0.25, -0.2) is 4.79 Å². The Morgan fingerprint density at radius 2 is 1.94 bits per heavy atom. The number of carboxylic acid groups (broad SMARTS) is 1.